The largest absolute Gasteiger partial charge is 0.376 e. The Bertz CT molecular complexity index is 239. The van der Waals surface area contributed by atoms with Crippen molar-refractivity contribution in [3.8, 4) is 0 Å². The van der Waals surface area contributed by atoms with Crippen molar-refractivity contribution in [2.45, 2.75) is 90.5 Å². The first-order valence-corrected chi connectivity index (χ1v) is 8.76. The van der Waals surface area contributed by atoms with Crippen LogP contribution in [0.4, 0.5) is 0 Å². The number of nitrogens with zero attached hydrogens (tertiary/aromatic N) is 1. The molecule has 0 amide bonds. The number of ether oxygens (including phenoxy) is 1. The Morgan fingerprint density at radius 3 is 2.15 bits per heavy atom. The third kappa shape index (κ3) is 14.2. The maximum absolute atomic E-state index is 5.26. The smallest absolute Gasteiger partial charge is 0.0857 e. The molecule has 0 aliphatic rings. The molecule has 0 rings (SSSR count). The van der Waals surface area contributed by atoms with E-state index in [1.54, 1.807) is 0 Å². The van der Waals surface area contributed by atoms with Crippen LogP contribution in [0.2, 0.25) is 0 Å². The van der Waals surface area contributed by atoms with Crippen molar-refractivity contribution in [3.63, 3.8) is 0 Å². The Morgan fingerprint density at radius 2 is 1.60 bits per heavy atom. The van der Waals surface area contributed by atoms with E-state index in [0.29, 0.717) is 0 Å². The van der Waals surface area contributed by atoms with Crippen LogP contribution < -0.4 is 0 Å². The minimum atomic E-state index is 0.267. The van der Waals surface area contributed by atoms with Crippen molar-refractivity contribution in [1.82, 2.24) is 0 Å². The minimum Gasteiger partial charge on any atom is -0.376 e. The van der Waals surface area contributed by atoms with E-state index in [1.807, 2.05) is 13.5 Å². The molecule has 0 aromatic heterocycles. The molecule has 2 nitrogen and oxygen atoms in total. The second-order valence-corrected chi connectivity index (χ2v) is 5.53. The second kappa shape index (κ2) is 16.8. The summed E-state index contributed by atoms with van der Waals surface area (Å²) in [7, 11) is 0. The maximum Gasteiger partial charge on any atom is 0.0857 e. The molecule has 0 saturated carbocycles. The molecule has 1 radical (unpaired) electrons. The molecule has 0 aromatic carbocycles. The predicted molar refractivity (Wildman–Crippen MR) is 91.2 cm³/mol. The molecule has 0 aliphatic carbocycles. The van der Waals surface area contributed by atoms with Gasteiger partial charge in [-0.1, -0.05) is 64.7 Å². The molecule has 1 atom stereocenters. The van der Waals surface area contributed by atoms with Gasteiger partial charge in [-0.15, -0.1) is 0 Å². The van der Waals surface area contributed by atoms with Gasteiger partial charge in [-0.25, -0.2) is 4.99 Å². The minimum absolute atomic E-state index is 0.267. The Labute approximate surface area is 131 Å². The topological polar surface area (TPSA) is 21.6 Å². The van der Waals surface area contributed by atoms with Crippen LogP contribution in [-0.4, -0.2) is 17.8 Å². The first kappa shape index (κ1) is 19.8. The fourth-order valence-corrected chi connectivity index (χ4v) is 2.45. The van der Waals surface area contributed by atoms with Gasteiger partial charge in [-0.3, -0.25) is 0 Å². The number of aliphatic imine (C=N–C) groups is 1. The summed E-state index contributed by atoms with van der Waals surface area (Å²) in [6, 6.07) is 0.267. The molecule has 0 fully saturated rings. The van der Waals surface area contributed by atoms with Crippen LogP contribution in [0.3, 0.4) is 0 Å². The first-order valence-electron chi connectivity index (χ1n) is 8.35. The lowest BCUT2D eigenvalue weighted by Gasteiger charge is -2.10. The van der Waals surface area contributed by atoms with Gasteiger partial charge >= 0.3 is 0 Å². The molecule has 0 bridgehead atoms. The SMILES string of the molecule is CCCCCCCCCCCC(C[CH]OCC)N=C=S. The zero-order chi connectivity index (χ0) is 14.9. The standard InChI is InChI=1S/C17H32NOS/c1-3-5-6-7-8-9-10-11-12-13-17(18-16-20)14-15-19-4-2/h15,17H,3-14H2,1-2H3. The zero-order valence-corrected chi connectivity index (χ0v) is 14.2. The van der Waals surface area contributed by atoms with Gasteiger partial charge in [0.15, 0.2) is 0 Å². The van der Waals surface area contributed by atoms with Crippen molar-refractivity contribution < 1.29 is 4.74 Å². The monoisotopic (exact) mass is 298 g/mol. The molecule has 1 unspecified atom stereocenters. The predicted octanol–water partition coefficient (Wildman–Crippen LogP) is 5.97. The van der Waals surface area contributed by atoms with Crippen molar-refractivity contribution in [1.29, 1.82) is 0 Å². The average molecular weight is 299 g/mol. The molecule has 20 heavy (non-hydrogen) atoms. The van der Waals surface area contributed by atoms with Gasteiger partial charge < -0.3 is 4.74 Å². The second-order valence-electron chi connectivity index (χ2n) is 5.35. The number of hydrogen-bond acceptors (Lipinski definition) is 3. The number of isothiocyanates is 1. The third-order valence-corrected chi connectivity index (χ3v) is 3.63. The van der Waals surface area contributed by atoms with E-state index < -0.39 is 0 Å². The highest BCUT2D eigenvalue weighted by Crippen LogP contribution is 2.14. The van der Waals surface area contributed by atoms with Crippen LogP contribution in [0.1, 0.15) is 84.5 Å². The van der Waals surface area contributed by atoms with Crippen LogP contribution in [0, 0.1) is 6.61 Å². The maximum atomic E-state index is 5.26. The lowest BCUT2D eigenvalue weighted by Crippen LogP contribution is -2.05. The van der Waals surface area contributed by atoms with Crippen molar-refractivity contribution in [2.24, 2.45) is 4.99 Å². The molecule has 0 aliphatic heterocycles. The first-order chi connectivity index (χ1) is 9.85. The van der Waals surface area contributed by atoms with Crippen LogP contribution in [-0.2, 0) is 4.74 Å². The van der Waals surface area contributed by atoms with Crippen LogP contribution in [0.5, 0.6) is 0 Å². The highest BCUT2D eigenvalue weighted by atomic mass is 32.1. The van der Waals surface area contributed by atoms with E-state index in [0.717, 1.165) is 19.4 Å². The highest BCUT2D eigenvalue weighted by Gasteiger charge is 2.06. The fraction of sp³-hybridized carbons (Fsp3) is 0.882. The lowest BCUT2D eigenvalue weighted by atomic mass is 10.0. The van der Waals surface area contributed by atoms with Gasteiger partial charge in [0.05, 0.1) is 17.8 Å². The molecule has 117 valence electrons. The van der Waals surface area contributed by atoms with E-state index in [2.05, 4.69) is 17.1 Å². The molecular formula is C17H32NOS. The number of rotatable bonds is 15. The molecular weight excluding hydrogens is 266 g/mol. The van der Waals surface area contributed by atoms with Gasteiger partial charge in [0, 0.05) is 6.61 Å². The summed E-state index contributed by atoms with van der Waals surface area (Å²) in [4.78, 5) is 4.22. The van der Waals surface area contributed by atoms with E-state index in [9.17, 15) is 0 Å². The van der Waals surface area contributed by atoms with Crippen LogP contribution in [0.15, 0.2) is 4.99 Å². The number of unbranched alkanes of at least 4 members (excludes halogenated alkanes) is 8. The van der Waals surface area contributed by atoms with Gasteiger partial charge in [-0.05, 0) is 32.0 Å². The zero-order valence-electron chi connectivity index (χ0n) is 13.4. The fourth-order valence-electron chi connectivity index (χ4n) is 2.30. The summed E-state index contributed by atoms with van der Waals surface area (Å²) in [6.07, 6.45) is 14.2. The molecule has 0 spiro atoms. The summed E-state index contributed by atoms with van der Waals surface area (Å²) in [6.45, 7) is 6.84. The van der Waals surface area contributed by atoms with Gasteiger partial charge in [0.2, 0.25) is 0 Å². The van der Waals surface area contributed by atoms with Crippen LogP contribution in [0.25, 0.3) is 0 Å². The van der Waals surface area contributed by atoms with Crippen molar-refractivity contribution in [3.05, 3.63) is 6.61 Å². The van der Waals surface area contributed by atoms with Gasteiger partial charge in [0.25, 0.3) is 0 Å². The van der Waals surface area contributed by atoms with E-state index >= 15 is 0 Å². The highest BCUT2D eigenvalue weighted by molar-refractivity contribution is 7.78. The van der Waals surface area contributed by atoms with Gasteiger partial charge in [0.1, 0.15) is 0 Å². The number of thiocarbonyl (C=S) groups is 1. The Morgan fingerprint density at radius 1 is 1.00 bits per heavy atom. The summed E-state index contributed by atoms with van der Waals surface area (Å²) < 4.78 is 5.26. The Balaban J connectivity index is 3.41. The van der Waals surface area contributed by atoms with Crippen molar-refractivity contribution in [2.75, 3.05) is 6.61 Å². The summed E-state index contributed by atoms with van der Waals surface area (Å²) in [5, 5.41) is 2.51. The Hall–Kier alpha value is -0.240. The average Bonchev–Trinajstić information content (AvgIpc) is 2.45. The molecule has 0 N–H and O–H groups in total. The van der Waals surface area contributed by atoms with Crippen LogP contribution >= 0.6 is 12.2 Å². The molecule has 0 saturated heterocycles. The van der Waals surface area contributed by atoms with Gasteiger partial charge in [-0.2, -0.15) is 0 Å². The summed E-state index contributed by atoms with van der Waals surface area (Å²) in [5.41, 5.74) is 0. The normalized spacial score (nSPS) is 12.1. The van der Waals surface area contributed by atoms with E-state index in [4.69, 9.17) is 17.0 Å². The molecule has 0 aromatic rings. The number of hydrogen-bond donors (Lipinski definition) is 0. The lowest BCUT2D eigenvalue weighted by molar-refractivity contribution is 0.201. The molecule has 3 heteroatoms. The van der Waals surface area contributed by atoms with E-state index in [-0.39, 0.29) is 6.04 Å². The summed E-state index contributed by atoms with van der Waals surface area (Å²) in [5.74, 6) is 0. The summed E-state index contributed by atoms with van der Waals surface area (Å²) >= 11 is 4.71. The molecule has 0 heterocycles. The third-order valence-electron chi connectivity index (χ3n) is 3.53. The van der Waals surface area contributed by atoms with Crippen molar-refractivity contribution >= 4 is 17.4 Å². The Kier molecular flexibility index (Phi) is 16.6. The van der Waals surface area contributed by atoms with E-state index in [1.165, 1.54) is 57.8 Å². The quantitative estimate of drug-likeness (QED) is 0.211.